The molecule has 0 saturated heterocycles. The molecule has 0 N–H and O–H groups in total. The van der Waals surface area contributed by atoms with Gasteiger partial charge >= 0.3 is 0 Å². The lowest BCUT2D eigenvalue weighted by molar-refractivity contribution is -0.112. The van der Waals surface area contributed by atoms with Gasteiger partial charge in [-0.1, -0.05) is 121 Å². The molecule has 1 rings (SSSR count). The predicted molar refractivity (Wildman–Crippen MR) is 123 cm³/mol. The molecule has 2 heteroatoms. The van der Waals surface area contributed by atoms with E-state index in [1.807, 2.05) is 18.2 Å². The summed E-state index contributed by atoms with van der Waals surface area (Å²) in [5.41, 5.74) is 1.24. The smallest absolute Gasteiger partial charge is 0.137 e. The van der Waals surface area contributed by atoms with Crippen molar-refractivity contribution in [2.45, 2.75) is 109 Å². The van der Waals surface area contributed by atoms with Gasteiger partial charge in [0.25, 0.3) is 0 Å². The van der Waals surface area contributed by atoms with E-state index in [0.717, 1.165) is 19.3 Å². The van der Waals surface area contributed by atoms with Gasteiger partial charge in [-0.05, 0) is 32.0 Å². The van der Waals surface area contributed by atoms with E-state index in [0.29, 0.717) is 0 Å². The molecule has 0 aliphatic rings. The number of aldehydes is 1. The van der Waals surface area contributed by atoms with Crippen LogP contribution in [0.15, 0.2) is 30.3 Å². The minimum absolute atomic E-state index is 0.00405. The number of carbonyl (C=O) groups is 1. The Kier molecular flexibility index (Phi) is 15.9. The van der Waals surface area contributed by atoms with E-state index in [1.165, 1.54) is 95.5 Å². The number of benzene rings is 1. The molecule has 2 nitrogen and oxygen atoms in total. The largest absolute Gasteiger partial charge is 0.302 e. The number of nitrogens with zero attached hydrogens (tertiary/aromatic N) is 1. The molecule has 0 aromatic heterocycles. The lowest BCUT2D eigenvalue weighted by Gasteiger charge is -2.23. The number of hydrogen-bond acceptors (Lipinski definition) is 2. The van der Waals surface area contributed by atoms with Gasteiger partial charge in [-0.25, -0.2) is 0 Å². The minimum atomic E-state index is 0.00405. The Morgan fingerprint density at radius 1 is 0.750 bits per heavy atom. The first kappa shape index (κ1) is 24.9. The molecule has 0 spiro atoms. The fraction of sp³-hybridized carbons (Fsp3) is 0.731. The van der Waals surface area contributed by atoms with Crippen LogP contribution < -0.4 is 0 Å². The van der Waals surface area contributed by atoms with E-state index < -0.39 is 0 Å². The number of unbranched alkanes of at least 4 members (excludes halogenated alkanes) is 13. The van der Waals surface area contributed by atoms with Gasteiger partial charge in [0.05, 0.1) is 6.04 Å². The van der Waals surface area contributed by atoms with Gasteiger partial charge < -0.3 is 4.79 Å². The summed E-state index contributed by atoms with van der Waals surface area (Å²) < 4.78 is 0. The van der Waals surface area contributed by atoms with Crippen molar-refractivity contribution < 1.29 is 4.79 Å². The van der Waals surface area contributed by atoms with Gasteiger partial charge in [-0.15, -0.1) is 0 Å². The minimum Gasteiger partial charge on any atom is -0.302 e. The van der Waals surface area contributed by atoms with Crippen molar-refractivity contribution in [3.8, 4) is 0 Å². The topological polar surface area (TPSA) is 20.3 Å². The average Bonchev–Trinajstić information content (AvgIpc) is 2.72. The molecule has 1 aromatic carbocycles. The van der Waals surface area contributed by atoms with Gasteiger partial charge in [0.2, 0.25) is 0 Å². The van der Waals surface area contributed by atoms with Crippen LogP contribution in [-0.4, -0.2) is 30.8 Å². The third-order valence-corrected chi connectivity index (χ3v) is 5.88. The van der Waals surface area contributed by atoms with Gasteiger partial charge in [0.15, 0.2) is 0 Å². The number of hydrogen-bond donors (Lipinski definition) is 0. The van der Waals surface area contributed by atoms with E-state index in [1.54, 1.807) is 0 Å². The summed E-state index contributed by atoms with van der Waals surface area (Å²) in [4.78, 5) is 13.7. The van der Waals surface area contributed by atoms with Crippen LogP contribution in [0.1, 0.15) is 102 Å². The maximum absolute atomic E-state index is 11.5. The Morgan fingerprint density at radius 2 is 1.21 bits per heavy atom. The van der Waals surface area contributed by atoms with E-state index in [9.17, 15) is 4.79 Å². The van der Waals surface area contributed by atoms with E-state index in [-0.39, 0.29) is 6.04 Å². The Labute approximate surface area is 175 Å². The Balaban J connectivity index is 1.92. The highest BCUT2D eigenvalue weighted by atomic mass is 16.1. The highest BCUT2D eigenvalue weighted by molar-refractivity contribution is 5.58. The summed E-state index contributed by atoms with van der Waals surface area (Å²) in [6, 6.07) is 10.3. The maximum atomic E-state index is 11.5. The van der Waals surface area contributed by atoms with Gasteiger partial charge in [0.1, 0.15) is 6.29 Å². The first-order valence-corrected chi connectivity index (χ1v) is 12.0. The van der Waals surface area contributed by atoms with Crippen LogP contribution in [0.3, 0.4) is 0 Å². The molecule has 0 saturated carbocycles. The van der Waals surface area contributed by atoms with Crippen LogP contribution in [0.4, 0.5) is 0 Å². The fourth-order valence-corrected chi connectivity index (χ4v) is 3.88. The Morgan fingerprint density at radius 3 is 1.68 bits per heavy atom. The zero-order valence-corrected chi connectivity index (χ0v) is 18.7. The molecule has 1 atom stereocenters. The average molecular weight is 388 g/mol. The van der Waals surface area contributed by atoms with Crippen molar-refractivity contribution in [3.63, 3.8) is 0 Å². The Bertz CT molecular complexity index is 459. The SMILES string of the molecule is CCCCCCCCCCCCCCCCN(C)C(C=O)Cc1ccccc1. The molecule has 0 aliphatic heterocycles. The predicted octanol–water partition coefficient (Wildman–Crippen LogP) is 7.21. The van der Waals surface area contributed by atoms with Crippen molar-refractivity contribution in [2.24, 2.45) is 0 Å². The van der Waals surface area contributed by atoms with Crippen molar-refractivity contribution in [1.29, 1.82) is 0 Å². The summed E-state index contributed by atoms with van der Waals surface area (Å²) in [7, 11) is 2.09. The van der Waals surface area contributed by atoms with Crippen LogP contribution in [0.5, 0.6) is 0 Å². The summed E-state index contributed by atoms with van der Waals surface area (Å²) in [6.07, 6.45) is 21.3. The summed E-state index contributed by atoms with van der Waals surface area (Å²) >= 11 is 0. The normalized spacial score (nSPS) is 12.4. The molecule has 0 amide bonds. The summed E-state index contributed by atoms with van der Waals surface area (Å²) in [6.45, 7) is 3.31. The molecule has 0 radical (unpaired) electrons. The molecule has 0 fully saturated rings. The monoisotopic (exact) mass is 387 g/mol. The van der Waals surface area contributed by atoms with Crippen LogP contribution in [0, 0.1) is 0 Å². The highest BCUT2D eigenvalue weighted by Crippen LogP contribution is 2.13. The summed E-state index contributed by atoms with van der Waals surface area (Å²) in [5.74, 6) is 0. The van der Waals surface area contributed by atoms with Gasteiger partial charge in [-0.3, -0.25) is 4.90 Å². The van der Waals surface area contributed by atoms with E-state index in [4.69, 9.17) is 0 Å². The fourth-order valence-electron chi connectivity index (χ4n) is 3.88. The van der Waals surface area contributed by atoms with Crippen molar-refractivity contribution in [3.05, 3.63) is 35.9 Å². The molecule has 0 aliphatic carbocycles. The summed E-state index contributed by atoms with van der Waals surface area (Å²) in [5, 5.41) is 0. The van der Waals surface area contributed by atoms with Crippen LogP contribution in [-0.2, 0) is 11.2 Å². The molecule has 0 bridgehead atoms. The molecule has 1 unspecified atom stereocenters. The van der Waals surface area contributed by atoms with Gasteiger partial charge in [0, 0.05) is 0 Å². The second-order valence-electron chi connectivity index (χ2n) is 8.47. The van der Waals surface area contributed by atoms with Gasteiger partial charge in [-0.2, -0.15) is 0 Å². The Hall–Kier alpha value is -1.15. The van der Waals surface area contributed by atoms with Crippen molar-refractivity contribution >= 4 is 6.29 Å². The second-order valence-corrected chi connectivity index (χ2v) is 8.47. The lowest BCUT2D eigenvalue weighted by Crippen LogP contribution is -2.35. The number of likely N-dealkylation sites (N-methyl/N-ethyl adjacent to an activating group) is 1. The van der Waals surface area contributed by atoms with Crippen LogP contribution in [0.25, 0.3) is 0 Å². The quantitative estimate of drug-likeness (QED) is 0.185. The number of rotatable bonds is 19. The molecular formula is C26H45NO. The second kappa shape index (κ2) is 17.9. The lowest BCUT2D eigenvalue weighted by atomic mass is 10.0. The van der Waals surface area contributed by atoms with Crippen molar-refractivity contribution in [1.82, 2.24) is 4.90 Å². The standard InChI is InChI=1S/C26H45NO/c1-3-4-5-6-7-8-9-10-11-12-13-14-15-19-22-27(2)26(24-28)23-25-20-17-16-18-21-25/h16-18,20-21,24,26H,3-15,19,22-23H2,1-2H3. The first-order valence-electron chi connectivity index (χ1n) is 12.0. The van der Waals surface area contributed by atoms with Crippen LogP contribution in [0.2, 0.25) is 0 Å². The zero-order valence-electron chi connectivity index (χ0n) is 18.7. The first-order chi connectivity index (χ1) is 13.8. The van der Waals surface area contributed by atoms with E-state index in [2.05, 4.69) is 31.0 Å². The molecule has 28 heavy (non-hydrogen) atoms. The maximum Gasteiger partial charge on any atom is 0.137 e. The molecule has 1 aromatic rings. The number of carbonyl (C=O) groups excluding carboxylic acids is 1. The zero-order chi connectivity index (χ0) is 20.3. The van der Waals surface area contributed by atoms with Crippen LogP contribution >= 0.6 is 0 Å². The third kappa shape index (κ3) is 13.1. The van der Waals surface area contributed by atoms with Crippen molar-refractivity contribution in [2.75, 3.05) is 13.6 Å². The molecular weight excluding hydrogens is 342 g/mol. The molecule has 0 heterocycles. The molecule has 160 valence electrons. The third-order valence-electron chi connectivity index (χ3n) is 5.88. The van der Waals surface area contributed by atoms with E-state index >= 15 is 0 Å². The highest BCUT2D eigenvalue weighted by Gasteiger charge is 2.13.